The Kier molecular flexibility index (Phi) is 31.7. The standard InChI is InChI=1S/C20H34N2O9Si.C7H9NO3.C6H16O3Si/c1-8-30-32(7,31-9-2)14-29-20(26)22(11-13-28-18(24)16(5)6)19(25)21-10-12-27-17(23)15(3)4;1-6(2)7(10)11-4-3-8-5-9;1-4-8-10(3,6-7)9-5-2/h3,5,8-14H2,1-2,4,6-7H3,(H,21,25);1,3-4H2,2H3;7H,4-6H2,1-3H3. The van der Waals surface area contributed by atoms with Gasteiger partial charge in [-0.2, -0.15) is 0 Å². The van der Waals surface area contributed by atoms with Gasteiger partial charge in [0.15, 0.2) is 0 Å². The van der Waals surface area contributed by atoms with Crippen molar-refractivity contribution in [3.63, 3.8) is 0 Å². The number of aliphatic imine (C=N–C) groups is 1. The second-order valence-electron chi connectivity index (χ2n) is 10.8. The summed E-state index contributed by atoms with van der Waals surface area (Å²) < 4.78 is 41.5. The third kappa shape index (κ3) is 28.2. The summed E-state index contributed by atoms with van der Waals surface area (Å²) in [5.74, 6) is -1.72. The summed E-state index contributed by atoms with van der Waals surface area (Å²) in [4.78, 5) is 72.1. The molecule has 0 aliphatic carbocycles. The Morgan fingerprint density at radius 3 is 1.51 bits per heavy atom. The molecule has 0 aromatic rings. The Hall–Kier alpha value is -4.02. The molecular formula is C33H59N3O15Si2. The Balaban J connectivity index is -0.000000962. The smallest absolute Gasteiger partial charge is 0.417 e. The molecule has 0 saturated heterocycles. The quantitative estimate of drug-likeness (QED) is 0.0288. The molecule has 0 aliphatic heterocycles. The van der Waals surface area contributed by atoms with Crippen LogP contribution in [0.3, 0.4) is 0 Å². The summed E-state index contributed by atoms with van der Waals surface area (Å²) in [6.45, 7) is 27.3. The van der Waals surface area contributed by atoms with Crippen molar-refractivity contribution in [3.05, 3.63) is 36.5 Å². The summed E-state index contributed by atoms with van der Waals surface area (Å²) in [7, 11) is -4.94. The number of nitrogens with one attached hydrogen (secondary N) is 1. The lowest BCUT2D eigenvalue weighted by atomic mass is 10.4. The first-order valence-electron chi connectivity index (χ1n) is 16.7. The Morgan fingerprint density at radius 2 is 1.11 bits per heavy atom. The molecule has 0 bridgehead atoms. The number of aliphatic hydroxyl groups is 1. The second-order valence-corrected chi connectivity index (χ2v) is 17.1. The van der Waals surface area contributed by atoms with Crippen molar-refractivity contribution in [3.8, 4) is 0 Å². The third-order valence-corrected chi connectivity index (χ3v) is 10.6. The molecule has 0 rings (SSSR count). The number of ether oxygens (including phenoxy) is 4. The van der Waals surface area contributed by atoms with E-state index in [0.717, 1.165) is 4.90 Å². The molecule has 0 heterocycles. The highest BCUT2D eigenvalue weighted by Crippen LogP contribution is 2.10. The summed E-state index contributed by atoms with van der Waals surface area (Å²) in [5, 5.41) is 11.3. The van der Waals surface area contributed by atoms with Gasteiger partial charge in [-0.3, -0.25) is 0 Å². The molecule has 0 radical (unpaired) electrons. The van der Waals surface area contributed by atoms with E-state index in [1.807, 2.05) is 20.4 Å². The highest BCUT2D eigenvalue weighted by molar-refractivity contribution is 6.66. The number of imide groups is 1. The molecule has 0 aromatic carbocycles. The van der Waals surface area contributed by atoms with Gasteiger partial charge >= 0.3 is 47.2 Å². The molecule has 18 nitrogen and oxygen atoms in total. The fourth-order valence-corrected chi connectivity index (χ4v) is 6.60. The van der Waals surface area contributed by atoms with Gasteiger partial charge in [0.05, 0.1) is 25.9 Å². The fourth-order valence-electron chi connectivity index (χ4n) is 3.25. The number of nitrogens with zero attached hydrogens (tertiary/aromatic N) is 2. The van der Waals surface area contributed by atoms with E-state index in [0.29, 0.717) is 32.0 Å². The molecule has 0 aromatic heterocycles. The lowest BCUT2D eigenvalue weighted by Crippen LogP contribution is -2.50. The number of hydrogen-bond donors (Lipinski definition) is 2. The largest absolute Gasteiger partial charge is 0.460 e. The molecular weight excluding hydrogens is 735 g/mol. The SMILES string of the molecule is C=C(C)C(=O)OCCN=C=O.C=C(C)C(=O)OCCNC(=O)N(CCOC(=O)C(=C)C)C(=O)OC[Si](C)(OCC)OCC.CCO[Si](C)(CO)OCC. The Bertz CT molecular complexity index is 1210. The molecule has 304 valence electrons. The minimum atomic E-state index is -2.78. The monoisotopic (exact) mass is 793 g/mol. The summed E-state index contributed by atoms with van der Waals surface area (Å²) in [6, 6.07) is -0.816. The zero-order valence-electron chi connectivity index (χ0n) is 32.7. The lowest BCUT2D eigenvalue weighted by molar-refractivity contribution is -0.139. The predicted molar refractivity (Wildman–Crippen MR) is 199 cm³/mol. The summed E-state index contributed by atoms with van der Waals surface area (Å²) in [5.41, 5.74) is 0.731. The van der Waals surface area contributed by atoms with Crippen molar-refractivity contribution in [1.82, 2.24) is 10.2 Å². The van der Waals surface area contributed by atoms with E-state index in [4.69, 9.17) is 37.0 Å². The molecule has 0 aliphatic rings. The molecule has 0 atom stereocenters. The summed E-state index contributed by atoms with van der Waals surface area (Å²) >= 11 is 0. The number of aliphatic hydroxyl groups excluding tert-OH is 1. The first kappa shape index (κ1) is 53.3. The van der Waals surface area contributed by atoms with Gasteiger partial charge in [0, 0.05) is 43.1 Å². The van der Waals surface area contributed by atoms with Crippen LogP contribution < -0.4 is 5.32 Å². The van der Waals surface area contributed by atoms with Crippen LogP contribution in [0.1, 0.15) is 48.5 Å². The van der Waals surface area contributed by atoms with Gasteiger partial charge in [-0.15, -0.1) is 0 Å². The van der Waals surface area contributed by atoms with Gasteiger partial charge in [-0.25, -0.2) is 38.7 Å². The molecule has 0 saturated carbocycles. The third-order valence-electron chi connectivity index (χ3n) is 5.71. The number of hydrogen-bond acceptors (Lipinski definition) is 16. The number of amides is 3. The first-order valence-corrected chi connectivity index (χ1v) is 21.8. The van der Waals surface area contributed by atoms with E-state index in [1.165, 1.54) is 19.9 Å². The zero-order chi connectivity index (χ0) is 41.5. The molecule has 53 heavy (non-hydrogen) atoms. The molecule has 20 heteroatoms. The van der Waals surface area contributed by atoms with Crippen LogP contribution in [-0.2, 0) is 55.8 Å². The van der Waals surface area contributed by atoms with Crippen LogP contribution in [0, 0.1) is 0 Å². The van der Waals surface area contributed by atoms with Crippen molar-refractivity contribution in [2.75, 3.05) is 78.3 Å². The van der Waals surface area contributed by atoms with Crippen molar-refractivity contribution in [1.29, 1.82) is 0 Å². The van der Waals surface area contributed by atoms with E-state index >= 15 is 0 Å². The maximum atomic E-state index is 12.6. The van der Waals surface area contributed by atoms with Crippen molar-refractivity contribution in [2.45, 2.75) is 61.6 Å². The maximum Gasteiger partial charge on any atom is 0.417 e. The molecule has 3 amide bonds. The highest BCUT2D eigenvalue weighted by Gasteiger charge is 2.35. The van der Waals surface area contributed by atoms with Crippen LogP contribution in [-0.4, -0.2) is 142 Å². The van der Waals surface area contributed by atoms with Gasteiger partial charge in [-0.05, 0) is 61.6 Å². The molecule has 2 N–H and O–H groups in total. The van der Waals surface area contributed by atoms with Crippen LogP contribution in [0.25, 0.3) is 0 Å². The van der Waals surface area contributed by atoms with Gasteiger partial charge in [0.25, 0.3) is 0 Å². The van der Waals surface area contributed by atoms with E-state index in [2.05, 4.69) is 34.8 Å². The lowest BCUT2D eigenvalue weighted by Gasteiger charge is -2.27. The molecule has 0 unspecified atom stereocenters. The second kappa shape index (κ2) is 31.5. The average Bonchev–Trinajstić information content (AvgIpc) is 3.09. The fraction of sp³-hybridized carbons (Fsp3) is 0.636. The minimum Gasteiger partial charge on any atom is -0.460 e. The van der Waals surface area contributed by atoms with Gasteiger partial charge in [-0.1, -0.05) is 19.7 Å². The highest BCUT2D eigenvalue weighted by atomic mass is 28.4. The average molecular weight is 794 g/mol. The van der Waals surface area contributed by atoms with Crippen molar-refractivity contribution >= 4 is 53.2 Å². The number of esters is 3. The number of isocyanates is 1. The molecule has 0 spiro atoms. The van der Waals surface area contributed by atoms with Gasteiger partial charge < -0.3 is 47.1 Å². The van der Waals surface area contributed by atoms with E-state index in [9.17, 15) is 28.8 Å². The predicted octanol–water partition coefficient (Wildman–Crippen LogP) is 3.16. The van der Waals surface area contributed by atoms with Crippen LogP contribution in [0.4, 0.5) is 9.59 Å². The topological polar surface area (TPSA) is 224 Å². The number of carbonyl (C=O) groups is 5. The van der Waals surface area contributed by atoms with E-state index in [-0.39, 0.29) is 63.1 Å². The van der Waals surface area contributed by atoms with Crippen LogP contribution >= 0.6 is 0 Å². The van der Waals surface area contributed by atoms with Crippen molar-refractivity contribution < 1.29 is 70.5 Å². The molecule has 0 fully saturated rings. The zero-order valence-corrected chi connectivity index (χ0v) is 34.7. The maximum absolute atomic E-state index is 12.6. The Labute approximate surface area is 314 Å². The Morgan fingerprint density at radius 1 is 0.698 bits per heavy atom. The van der Waals surface area contributed by atoms with E-state index < -0.39 is 47.2 Å². The van der Waals surface area contributed by atoms with Gasteiger partial charge in [0.1, 0.15) is 26.1 Å². The van der Waals surface area contributed by atoms with Crippen molar-refractivity contribution in [2.24, 2.45) is 4.99 Å². The van der Waals surface area contributed by atoms with Crippen LogP contribution in [0.5, 0.6) is 0 Å². The number of urea groups is 1. The summed E-state index contributed by atoms with van der Waals surface area (Å²) in [6.07, 6.45) is 0.262. The first-order chi connectivity index (χ1) is 24.8. The minimum absolute atomic E-state index is 0.0364. The van der Waals surface area contributed by atoms with Crippen LogP contribution in [0.15, 0.2) is 41.4 Å². The number of rotatable bonds is 23. The van der Waals surface area contributed by atoms with Crippen LogP contribution in [0.2, 0.25) is 13.1 Å². The van der Waals surface area contributed by atoms with Gasteiger partial charge in [0.2, 0.25) is 6.08 Å². The van der Waals surface area contributed by atoms with E-state index in [1.54, 1.807) is 27.3 Å². The number of carbonyl (C=O) groups excluding carboxylic acids is 6. The normalized spacial score (nSPS) is 10.4.